The molecule has 0 fully saturated rings. The second kappa shape index (κ2) is 8.19. The highest BCUT2D eigenvalue weighted by Gasteiger charge is 2.50. The first-order chi connectivity index (χ1) is 15.5. The van der Waals surface area contributed by atoms with Gasteiger partial charge in [0.05, 0.1) is 18.7 Å². The van der Waals surface area contributed by atoms with Crippen LogP contribution in [0.15, 0.2) is 66.7 Å². The average Bonchev–Trinajstić information content (AvgIpc) is 3.01. The van der Waals surface area contributed by atoms with Crippen LogP contribution in [0.4, 0.5) is 5.69 Å². The second-order valence-corrected chi connectivity index (χ2v) is 9.13. The second-order valence-electron chi connectivity index (χ2n) is 8.69. The van der Waals surface area contributed by atoms with Crippen LogP contribution in [0, 0.1) is 0 Å². The summed E-state index contributed by atoms with van der Waals surface area (Å²) in [6.07, 6.45) is 4.02. The molecular formula is C27H24ClNO3. The highest BCUT2D eigenvalue weighted by molar-refractivity contribution is 6.30. The molecule has 0 saturated heterocycles. The van der Waals surface area contributed by atoms with E-state index in [4.69, 9.17) is 11.6 Å². The van der Waals surface area contributed by atoms with E-state index in [1.54, 1.807) is 35.2 Å². The minimum absolute atomic E-state index is 0.228. The Morgan fingerprint density at radius 1 is 0.969 bits per heavy atom. The highest BCUT2D eigenvalue weighted by Crippen LogP contribution is 2.43. The topological polar surface area (TPSA) is 57.6 Å². The maximum Gasteiger partial charge on any atom is 0.264 e. The van der Waals surface area contributed by atoms with E-state index >= 15 is 0 Å². The summed E-state index contributed by atoms with van der Waals surface area (Å²) in [5.74, 6) is -0.710. The first-order valence-electron chi connectivity index (χ1n) is 11.0. The number of aliphatic hydroxyl groups is 1. The van der Waals surface area contributed by atoms with Crippen molar-refractivity contribution >= 4 is 29.0 Å². The van der Waals surface area contributed by atoms with Crippen LogP contribution in [0.25, 0.3) is 0 Å². The molecule has 1 heterocycles. The van der Waals surface area contributed by atoms with Gasteiger partial charge in [-0.05, 0) is 66.6 Å². The predicted octanol–water partition coefficient (Wildman–Crippen LogP) is 5.23. The zero-order valence-corrected chi connectivity index (χ0v) is 18.4. The molecule has 3 aromatic carbocycles. The Morgan fingerprint density at radius 2 is 1.75 bits per heavy atom. The molecule has 0 saturated carbocycles. The maximum atomic E-state index is 13.5. The maximum absolute atomic E-state index is 13.5. The first-order valence-corrected chi connectivity index (χ1v) is 11.4. The summed E-state index contributed by atoms with van der Waals surface area (Å²) in [7, 11) is 0. The van der Waals surface area contributed by atoms with Crippen molar-refractivity contribution in [1.82, 2.24) is 0 Å². The molecule has 1 aliphatic carbocycles. The summed E-state index contributed by atoms with van der Waals surface area (Å²) in [6.45, 7) is 0.270. The zero-order chi connectivity index (χ0) is 22.3. The van der Waals surface area contributed by atoms with Crippen molar-refractivity contribution < 1.29 is 14.7 Å². The summed E-state index contributed by atoms with van der Waals surface area (Å²) in [5, 5.41) is 12.1. The number of halogens is 1. The van der Waals surface area contributed by atoms with E-state index in [1.807, 2.05) is 36.4 Å². The molecule has 162 valence electrons. The number of hydrogen-bond donors (Lipinski definition) is 1. The summed E-state index contributed by atoms with van der Waals surface area (Å²) in [6, 6.07) is 20.2. The average molecular weight is 446 g/mol. The van der Waals surface area contributed by atoms with Gasteiger partial charge in [-0.2, -0.15) is 0 Å². The third kappa shape index (κ3) is 3.64. The van der Waals surface area contributed by atoms with Crippen LogP contribution in [-0.2, 0) is 29.8 Å². The summed E-state index contributed by atoms with van der Waals surface area (Å²) < 4.78 is 0. The van der Waals surface area contributed by atoms with Crippen LogP contribution in [-0.4, -0.2) is 16.8 Å². The number of aryl methyl sites for hydroxylation is 2. The molecule has 5 heteroatoms. The van der Waals surface area contributed by atoms with Gasteiger partial charge in [-0.3, -0.25) is 9.59 Å². The third-order valence-electron chi connectivity index (χ3n) is 6.56. The minimum atomic E-state index is -1.89. The van der Waals surface area contributed by atoms with E-state index in [1.165, 1.54) is 17.5 Å². The van der Waals surface area contributed by atoms with Gasteiger partial charge in [0.1, 0.15) is 0 Å². The van der Waals surface area contributed by atoms with Crippen molar-refractivity contribution in [1.29, 1.82) is 0 Å². The van der Waals surface area contributed by atoms with Crippen LogP contribution in [0.2, 0.25) is 5.02 Å². The molecule has 0 spiro atoms. The number of amides is 1. The number of ketones is 1. The molecule has 32 heavy (non-hydrogen) atoms. The Morgan fingerprint density at radius 3 is 2.56 bits per heavy atom. The number of carbonyl (C=O) groups is 2. The van der Waals surface area contributed by atoms with Gasteiger partial charge in [0, 0.05) is 16.1 Å². The van der Waals surface area contributed by atoms with Crippen LogP contribution in [0.5, 0.6) is 0 Å². The van der Waals surface area contributed by atoms with E-state index in [-0.39, 0.29) is 18.7 Å². The largest absolute Gasteiger partial charge is 0.375 e. The Kier molecular flexibility index (Phi) is 5.36. The van der Waals surface area contributed by atoms with Crippen molar-refractivity contribution in [2.24, 2.45) is 0 Å². The molecule has 0 radical (unpaired) electrons. The Hall–Kier alpha value is -2.95. The van der Waals surface area contributed by atoms with Gasteiger partial charge < -0.3 is 10.0 Å². The fraction of sp³-hybridized carbons (Fsp3) is 0.259. The number of carbonyl (C=O) groups excluding carboxylic acids is 2. The van der Waals surface area contributed by atoms with E-state index < -0.39 is 11.5 Å². The monoisotopic (exact) mass is 445 g/mol. The molecule has 0 aromatic heterocycles. The van der Waals surface area contributed by atoms with E-state index in [2.05, 4.69) is 0 Å². The molecule has 1 aliphatic heterocycles. The number of fused-ring (bicyclic) bond motifs is 2. The van der Waals surface area contributed by atoms with Crippen molar-refractivity contribution in [3.8, 4) is 0 Å². The van der Waals surface area contributed by atoms with Gasteiger partial charge in [-0.25, -0.2) is 0 Å². The number of benzene rings is 3. The fourth-order valence-electron chi connectivity index (χ4n) is 4.89. The van der Waals surface area contributed by atoms with Crippen molar-refractivity contribution in [2.75, 3.05) is 4.90 Å². The fourth-order valence-corrected chi connectivity index (χ4v) is 5.11. The summed E-state index contributed by atoms with van der Waals surface area (Å²) in [5.41, 5.74) is 3.11. The number of Topliss-reactive ketones (excluding diaryl/α,β-unsaturated/α-hetero) is 1. The lowest BCUT2D eigenvalue weighted by Crippen LogP contribution is -2.41. The first kappa shape index (κ1) is 20.9. The van der Waals surface area contributed by atoms with E-state index in [0.717, 1.165) is 24.8 Å². The number of para-hydroxylation sites is 1. The standard InChI is InChI=1S/C27H24ClNO3/c28-22-9-5-6-18(14-22)17-29-24-11-4-3-10-23(24)27(32,26(29)31)16-25(30)21-13-12-19-7-1-2-8-20(19)15-21/h3-6,9-15,32H,1-2,7-8,16-17H2. The lowest BCUT2D eigenvalue weighted by molar-refractivity contribution is -0.136. The molecule has 1 atom stereocenters. The molecule has 1 amide bonds. The molecule has 2 aliphatic rings. The highest BCUT2D eigenvalue weighted by atomic mass is 35.5. The number of nitrogens with zero attached hydrogens (tertiary/aromatic N) is 1. The van der Waals surface area contributed by atoms with Gasteiger partial charge in [0.15, 0.2) is 11.4 Å². The molecule has 1 N–H and O–H groups in total. The van der Waals surface area contributed by atoms with Gasteiger partial charge in [0.25, 0.3) is 5.91 Å². The van der Waals surface area contributed by atoms with Crippen LogP contribution < -0.4 is 4.90 Å². The van der Waals surface area contributed by atoms with Crippen LogP contribution in [0.3, 0.4) is 0 Å². The Bertz CT molecular complexity index is 1220. The number of rotatable bonds is 5. The predicted molar refractivity (Wildman–Crippen MR) is 125 cm³/mol. The molecule has 5 rings (SSSR count). The van der Waals surface area contributed by atoms with Gasteiger partial charge in [0.2, 0.25) is 0 Å². The number of anilines is 1. The van der Waals surface area contributed by atoms with Crippen LogP contribution >= 0.6 is 11.6 Å². The normalized spacial score (nSPS) is 19.6. The van der Waals surface area contributed by atoms with Gasteiger partial charge >= 0.3 is 0 Å². The summed E-state index contributed by atoms with van der Waals surface area (Å²) >= 11 is 6.11. The Labute approximate surface area is 192 Å². The molecular weight excluding hydrogens is 422 g/mol. The van der Waals surface area contributed by atoms with Crippen molar-refractivity contribution in [3.05, 3.63) is 99.6 Å². The third-order valence-corrected chi connectivity index (χ3v) is 6.79. The molecule has 1 unspecified atom stereocenters. The quantitative estimate of drug-likeness (QED) is 0.547. The van der Waals surface area contributed by atoms with E-state index in [0.29, 0.717) is 21.8 Å². The van der Waals surface area contributed by atoms with Crippen molar-refractivity contribution in [3.63, 3.8) is 0 Å². The zero-order valence-electron chi connectivity index (χ0n) is 17.7. The number of hydrogen-bond acceptors (Lipinski definition) is 3. The SMILES string of the molecule is O=C(CC1(O)C(=O)N(Cc2cccc(Cl)c2)c2ccccc21)c1ccc2c(c1)CCCC2. The summed E-state index contributed by atoms with van der Waals surface area (Å²) in [4.78, 5) is 28.2. The van der Waals surface area contributed by atoms with Gasteiger partial charge in [-0.1, -0.05) is 54.1 Å². The smallest absolute Gasteiger partial charge is 0.264 e. The van der Waals surface area contributed by atoms with Gasteiger partial charge in [-0.15, -0.1) is 0 Å². The lowest BCUT2D eigenvalue weighted by Gasteiger charge is -2.23. The molecule has 3 aromatic rings. The van der Waals surface area contributed by atoms with Crippen molar-refractivity contribution in [2.45, 2.75) is 44.2 Å². The molecule has 4 nitrogen and oxygen atoms in total. The lowest BCUT2D eigenvalue weighted by atomic mass is 9.85. The molecule has 0 bridgehead atoms. The Balaban J connectivity index is 1.45. The minimum Gasteiger partial charge on any atom is -0.375 e. The van der Waals surface area contributed by atoms with E-state index in [9.17, 15) is 14.7 Å². The van der Waals surface area contributed by atoms with Crippen LogP contribution in [0.1, 0.15) is 51.9 Å².